The average Bonchev–Trinajstić information content (AvgIpc) is 3.08. The molecule has 1 aliphatic heterocycles. The van der Waals surface area contributed by atoms with Gasteiger partial charge in [0, 0.05) is 22.4 Å². The Morgan fingerprint density at radius 3 is 2.54 bits per heavy atom. The van der Waals surface area contributed by atoms with Crippen LogP contribution in [0.5, 0.6) is 5.88 Å². The Balaban J connectivity index is 1.90. The van der Waals surface area contributed by atoms with Crippen LogP contribution in [-0.2, 0) is 0 Å². The number of aliphatic imine (C=N–C) groups is 1. The predicted octanol–water partition coefficient (Wildman–Crippen LogP) is 3.65. The van der Waals surface area contributed by atoms with E-state index in [9.17, 15) is 14.7 Å². The molecule has 6 nitrogen and oxygen atoms in total. The van der Waals surface area contributed by atoms with Crippen LogP contribution in [0, 0.1) is 0 Å². The fraction of sp³-hybridized carbons (Fsp3) is 0. The third kappa shape index (κ3) is 3.33. The highest BCUT2D eigenvalue weighted by atomic mass is 35.5. The standard InChI is InChI=1S/C21H14ClN3O3/c22-14-8-5-12(6-9-14)16(18-19(26)24-21(28)25-20(18)27)10-7-13-11-23-17-4-2-1-3-15(13)17/h1-11H,(H3,24,25,26,27,28)/b13-7+,16-10-. The predicted molar refractivity (Wildman–Crippen MR) is 110 cm³/mol. The van der Waals surface area contributed by atoms with Crippen molar-refractivity contribution in [1.29, 1.82) is 0 Å². The molecule has 0 atom stereocenters. The van der Waals surface area contributed by atoms with Gasteiger partial charge in [-0.25, -0.2) is 4.79 Å². The molecule has 138 valence electrons. The molecule has 2 aromatic carbocycles. The number of nitrogens with one attached hydrogen (secondary N) is 2. The van der Waals surface area contributed by atoms with Crippen LogP contribution in [-0.4, -0.2) is 21.3 Å². The van der Waals surface area contributed by atoms with Gasteiger partial charge in [0.05, 0.1) is 5.69 Å². The zero-order chi connectivity index (χ0) is 19.7. The normalized spacial score (nSPS) is 14.5. The molecule has 28 heavy (non-hydrogen) atoms. The molecular weight excluding hydrogens is 378 g/mol. The zero-order valence-corrected chi connectivity index (χ0v) is 15.2. The van der Waals surface area contributed by atoms with E-state index in [4.69, 9.17) is 11.6 Å². The van der Waals surface area contributed by atoms with E-state index in [1.165, 1.54) is 0 Å². The van der Waals surface area contributed by atoms with Gasteiger partial charge in [0.1, 0.15) is 5.56 Å². The van der Waals surface area contributed by atoms with Gasteiger partial charge in [-0.05, 0) is 29.3 Å². The molecule has 1 aromatic heterocycles. The number of para-hydroxylation sites is 1. The highest BCUT2D eigenvalue weighted by Crippen LogP contribution is 2.32. The Bertz CT molecular complexity index is 1270. The number of halogens is 1. The van der Waals surface area contributed by atoms with E-state index >= 15 is 0 Å². The number of nitrogens with zero attached hydrogens (tertiary/aromatic N) is 1. The SMILES string of the molecule is O=c1[nH]c(O)c(/C(=C\C=C2/C=Nc3ccccc32)c2ccc(Cl)cc2)c(=O)[nH]1. The lowest BCUT2D eigenvalue weighted by Gasteiger charge is -2.09. The number of hydrogen-bond donors (Lipinski definition) is 3. The molecule has 3 N–H and O–H groups in total. The van der Waals surface area contributed by atoms with E-state index in [0.29, 0.717) is 16.2 Å². The number of fused-ring (bicyclic) bond motifs is 1. The van der Waals surface area contributed by atoms with E-state index < -0.39 is 17.1 Å². The van der Waals surface area contributed by atoms with Crippen LogP contribution in [0.3, 0.4) is 0 Å². The molecule has 0 spiro atoms. The van der Waals surface area contributed by atoms with Crippen molar-refractivity contribution in [2.24, 2.45) is 4.99 Å². The van der Waals surface area contributed by atoms with Gasteiger partial charge >= 0.3 is 5.69 Å². The minimum atomic E-state index is -0.781. The molecule has 0 amide bonds. The Kier molecular flexibility index (Phi) is 4.55. The first-order chi connectivity index (χ1) is 13.5. The van der Waals surface area contributed by atoms with Crippen LogP contribution in [0.15, 0.2) is 75.3 Å². The Morgan fingerprint density at radius 2 is 1.79 bits per heavy atom. The second-order valence-electron chi connectivity index (χ2n) is 6.12. The van der Waals surface area contributed by atoms with E-state index in [1.54, 1.807) is 36.6 Å². The van der Waals surface area contributed by atoms with E-state index in [0.717, 1.165) is 16.8 Å². The third-order valence-electron chi connectivity index (χ3n) is 4.33. The molecule has 0 fully saturated rings. The number of H-pyrrole nitrogens is 2. The first-order valence-corrected chi connectivity index (χ1v) is 8.78. The second kappa shape index (κ2) is 7.17. The molecular formula is C21H14ClN3O3. The Labute approximate surface area is 164 Å². The summed E-state index contributed by atoms with van der Waals surface area (Å²) in [6.07, 6.45) is 5.25. The summed E-state index contributed by atoms with van der Waals surface area (Å²) in [5.74, 6) is -0.506. The summed E-state index contributed by atoms with van der Waals surface area (Å²) < 4.78 is 0. The van der Waals surface area contributed by atoms with Crippen molar-refractivity contribution >= 4 is 34.6 Å². The average molecular weight is 392 g/mol. The molecule has 3 aromatic rings. The van der Waals surface area contributed by atoms with Crippen molar-refractivity contribution in [3.63, 3.8) is 0 Å². The van der Waals surface area contributed by atoms with Gasteiger partial charge < -0.3 is 5.11 Å². The summed E-state index contributed by atoms with van der Waals surface area (Å²) in [5, 5.41) is 10.8. The van der Waals surface area contributed by atoms with Crippen molar-refractivity contribution in [2.75, 3.05) is 0 Å². The molecule has 7 heteroatoms. The quantitative estimate of drug-likeness (QED) is 0.635. The van der Waals surface area contributed by atoms with E-state index in [1.807, 2.05) is 30.3 Å². The first kappa shape index (κ1) is 17.8. The lowest BCUT2D eigenvalue weighted by Crippen LogP contribution is -2.24. The van der Waals surface area contributed by atoms with Gasteiger partial charge in [-0.1, -0.05) is 54.1 Å². The number of aromatic hydroxyl groups is 1. The summed E-state index contributed by atoms with van der Waals surface area (Å²) >= 11 is 5.97. The number of allylic oxidation sites excluding steroid dienone is 3. The van der Waals surface area contributed by atoms with Crippen molar-refractivity contribution in [3.8, 4) is 5.88 Å². The number of benzene rings is 2. The Hall–Kier alpha value is -3.64. The third-order valence-corrected chi connectivity index (χ3v) is 4.59. The van der Waals surface area contributed by atoms with Gasteiger partial charge in [-0.3, -0.25) is 19.8 Å². The summed E-state index contributed by atoms with van der Waals surface area (Å²) in [6, 6.07) is 14.5. The van der Waals surface area contributed by atoms with Crippen LogP contribution in [0.2, 0.25) is 5.02 Å². The molecule has 0 aliphatic carbocycles. The summed E-state index contributed by atoms with van der Waals surface area (Å²) in [5.41, 5.74) is 2.26. The minimum Gasteiger partial charge on any atom is -0.494 e. The van der Waals surface area contributed by atoms with Gasteiger partial charge in [0.25, 0.3) is 5.56 Å². The zero-order valence-electron chi connectivity index (χ0n) is 14.4. The maximum atomic E-state index is 12.4. The number of rotatable bonds is 3. The van der Waals surface area contributed by atoms with Gasteiger partial charge in [-0.2, -0.15) is 0 Å². The lowest BCUT2D eigenvalue weighted by atomic mass is 9.98. The topological polar surface area (TPSA) is 98.3 Å². The van der Waals surface area contributed by atoms with Crippen molar-refractivity contribution in [2.45, 2.75) is 0 Å². The van der Waals surface area contributed by atoms with Crippen molar-refractivity contribution in [3.05, 3.63) is 103 Å². The lowest BCUT2D eigenvalue weighted by molar-refractivity contribution is 0.446. The summed E-state index contributed by atoms with van der Waals surface area (Å²) in [6.45, 7) is 0. The van der Waals surface area contributed by atoms with E-state index in [-0.39, 0.29) is 5.56 Å². The highest BCUT2D eigenvalue weighted by molar-refractivity contribution is 6.30. The van der Waals surface area contributed by atoms with Crippen LogP contribution in [0.4, 0.5) is 5.69 Å². The molecule has 4 rings (SSSR count). The van der Waals surface area contributed by atoms with Crippen LogP contribution < -0.4 is 11.2 Å². The second-order valence-corrected chi connectivity index (χ2v) is 6.55. The maximum Gasteiger partial charge on any atom is 0.328 e. The van der Waals surface area contributed by atoms with E-state index in [2.05, 4.69) is 15.0 Å². The highest BCUT2D eigenvalue weighted by Gasteiger charge is 2.16. The molecule has 0 unspecified atom stereocenters. The number of aromatic amines is 2. The maximum absolute atomic E-state index is 12.4. The van der Waals surface area contributed by atoms with Crippen LogP contribution in [0.25, 0.3) is 11.1 Å². The molecule has 2 heterocycles. The largest absolute Gasteiger partial charge is 0.494 e. The van der Waals surface area contributed by atoms with Crippen LogP contribution in [0.1, 0.15) is 16.7 Å². The smallest absolute Gasteiger partial charge is 0.328 e. The van der Waals surface area contributed by atoms with Crippen molar-refractivity contribution in [1.82, 2.24) is 9.97 Å². The molecule has 1 aliphatic rings. The van der Waals surface area contributed by atoms with Gasteiger partial charge in [-0.15, -0.1) is 0 Å². The van der Waals surface area contributed by atoms with Crippen LogP contribution >= 0.6 is 11.6 Å². The number of hydrogen-bond acceptors (Lipinski definition) is 4. The fourth-order valence-electron chi connectivity index (χ4n) is 3.02. The number of aromatic nitrogens is 2. The Morgan fingerprint density at radius 1 is 1.04 bits per heavy atom. The molecule has 0 radical (unpaired) electrons. The molecule has 0 bridgehead atoms. The monoisotopic (exact) mass is 391 g/mol. The van der Waals surface area contributed by atoms with Gasteiger partial charge in [0.15, 0.2) is 0 Å². The van der Waals surface area contributed by atoms with Gasteiger partial charge in [0.2, 0.25) is 5.88 Å². The summed E-state index contributed by atoms with van der Waals surface area (Å²) in [7, 11) is 0. The summed E-state index contributed by atoms with van der Waals surface area (Å²) in [4.78, 5) is 32.5. The molecule has 0 saturated heterocycles. The van der Waals surface area contributed by atoms with Crippen molar-refractivity contribution < 1.29 is 5.11 Å². The minimum absolute atomic E-state index is 0.0398. The molecule has 0 saturated carbocycles. The first-order valence-electron chi connectivity index (χ1n) is 8.40. The fourth-order valence-corrected chi connectivity index (χ4v) is 3.15.